The van der Waals surface area contributed by atoms with Crippen LogP contribution in [0.5, 0.6) is 0 Å². The molecule has 0 spiro atoms. The van der Waals surface area contributed by atoms with E-state index in [0.717, 1.165) is 24.1 Å². The van der Waals surface area contributed by atoms with Crippen LogP contribution >= 0.6 is 0 Å². The van der Waals surface area contributed by atoms with E-state index >= 15 is 0 Å². The van der Waals surface area contributed by atoms with Crippen molar-refractivity contribution in [1.29, 1.82) is 0 Å². The molecule has 2 N–H and O–H groups in total. The molecule has 0 aliphatic carbocycles. The summed E-state index contributed by atoms with van der Waals surface area (Å²) in [6.07, 6.45) is 2.35. The molecular weight excluding hydrogens is 224 g/mol. The number of nitrogens with two attached hydrogens (primary N) is 1. The molecule has 18 heavy (non-hydrogen) atoms. The Morgan fingerprint density at radius 1 is 1.33 bits per heavy atom. The Morgan fingerprint density at radius 3 is 2.56 bits per heavy atom. The van der Waals surface area contributed by atoms with Gasteiger partial charge < -0.3 is 10.6 Å². The maximum absolute atomic E-state index is 12.3. The van der Waals surface area contributed by atoms with Crippen LogP contribution in [0, 0.1) is 6.92 Å². The summed E-state index contributed by atoms with van der Waals surface area (Å²) in [6.45, 7) is 6.79. The summed E-state index contributed by atoms with van der Waals surface area (Å²) in [5, 5.41) is 0. The Morgan fingerprint density at radius 2 is 2.00 bits per heavy atom. The van der Waals surface area contributed by atoms with E-state index in [1.165, 1.54) is 0 Å². The lowest BCUT2D eigenvalue weighted by Gasteiger charge is -2.24. The van der Waals surface area contributed by atoms with Gasteiger partial charge >= 0.3 is 0 Å². The minimum absolute atomic E-state index is 0.0273. The number of para-hydroxylation sites is 1. The molecule has 1 rings (SSSR count). The van der Waals surface area contributed by atoms with Crippen LogP contribution in [0.4, 0.5) is 5.69 Å². The largest absolute Gasteiger partial charge is 0.327 e. The fourth-order valence-corrected chi connectivity index (χ4v) is 2.15. The fourth-order valence-electron chi connectivity index (χ4n) is 2.15. The summed E-state index contributed by atoms with van der Waals surface area (Å²) in [4.78, 5) is 14.1. The Balaban J connectivity index is 2.78. The third-order valence-electron chi connectivity index (χ3n) is 3.12. The van der Waals surface area contributed by atoms with Gasteiger partial charge in [-0.1, -0.05) is 31.5 Å². The molecule has 3 nitrogen and oxygen atoms in total. The number of amides is 1. The highest BCUT2D eigenvalue weighted by molar-refractivity contribution is 5.94. The zero-order valence-corrected chi connectivity index (χ0v) is 11.6. The van der Waals surface area contributed by atoms with Gasteiger partial charge in [-0.05, 0) is 31.9 Å². The molecular formula is C15H24N2O. The van der Waals surface area contributed by atoms with Gasteiger partial charge in [-0.15, -0.1) is 0 Å². The lowest BCUT2D eigenvalue weighted by molar-refractivity contribution is -0.118. The van der Waals surface area contributed by atoms with E-state index in [1.807, 2.05) is 43.0 Å². The zero-order valence-electron chi connectivity index (χ0n) is 11.6. The van der Waals surface area contributed by atoms with Crippen LogP contribution in [0.15, 0.2) is 24.3 Å². The normalized spacial score (nSPS) is 12.2. The minimum Gasteiger partial charge on any atom is -0.327 e. The molecule has 100 valence electrons. The van der Waals surface area contributed by atoms with E-state index < -0.39 is 0 Å². The Labute approximate surface area is 110 Å². The number of benzene rings is 1. The molecule has 1 aromatic rings. The van der Waals surface area contributed by atoms with E-state index in [1.54, 1.807) is 0 Å². The van der Waals surface area contributed by atoms with Crippen molar-refractivity contribution in [3.05, 3.63) is 29.8 Å². The monoisotopic (exact) mass is 248 g/mol. The zero-order chi connectivity index (χ0) is 13.5. The molecule has 0 aliphatic rings. The topological polar surface area (TPSA) is 46.3 Å². The first kappa shape index (κ1) is 14.7. The van der Waals surface area contributed by atoms with Crippen LogP contribution in [0.1, 0.15) is 38.7 Å². The molecule has 0 bridgehead atoms. The standard InChI is InChI=1S/C15H24N2O/c1-4-8-13(16)11-15(18)17(5-2)14-10-7-6-9-12(14)3/h6-7,9-10,13H,4-5,8,11,16H2,1-3H3. The van der Waals surface area contributed by atoms with Crippen molar-refractivity contribution in [1.82, 2.24) is 0 Å². The highest BCUT2D eigenvalue weighted by Crippen LogP contribution is 2.20. The first-order valence-corrected chi connectivity index (χ1v) is 6.71. The number of rotatable bonds is 6. The molecule has 0 radical (unpaired) electrons. The minimum atomic E-state index is -0.0273. The lowest BCUT2D eigenvalue weighted by Crippen LogP contribution is -2.36. The van der Waals surface area contributed by atoms with Crippen LogP contribution < -0.4 is 10.6 Å². The molecule has 1 unspecified atom stereocenters. The summed E-state index contributed by atoms with van der Waals surface area (Å²) in [6, 6.07) is 7.93. The molecule has 0 fully saturated rings. The Hall–Kier alpha value is -1.35. The van der Waals surface area contributed by atoms with Gasteiger partial charge in [-0.3, -0.25) is 4.79 Å². The number of anilines is 1. The number of carbonyl (C=O) groups excluding carboxylic acids is 1. The van der Waals surface area contributed by atoms with Crippen molar-refractivity contribution in [2.24, 2.45) is 5.73 Å². The molecule has 3 heteroatoms. The van der Waals surface area contributed by atoms with E-state index in [-0.39, 0.29) is 11.9 Å². The molecule has 0 aliphatic heterocycles. The number of hydrogen-bond acceptors (Lipinski definition) is 2. The lowest BCUT2D eigenvalue weighted by atomic mass is 10.1. The van der Waals surface area contributed by atoms with Crippen molar-refractivity contribution < 1.29 is 4.79 Å². The maximum Gasteiger partial charge on any atom is 0.228 e. The van der Waals surface area contributed by atoms with Crippen LogP contribution in [-0.2, 0) is 4.79 Å². The van der Waals surface area contributed by atoms with Crippen molar-refractivity contribution in [2.45, 2.75) is 46.1 Å². The molecule has 0 heterocycles. The van der Waals surface area contributed by atoms with E-state index in [4.69, 9.17) is 5.73 Å². The first-order chi connectivity index (χ1) is 8.60. The van der Waals surface area contributed by atoms with Crippen molar-refractivity contribution in [3.8, 4) is 0 Å². The van der Waals surface area contributed by atoms with Crippen molar-refractivity contribution >= 4 is 11.6 Å². The SMILES string of the molecule is CCCC(N)CC(=O)N(CC)c1ccccc1C. The fraction of sp³-hybridized carbons (Fsp3) is 0.533. The second-order valence-corrected chi connectivity index (χ2v) is 4.68. The molecule has 1 aromatic carbocycles. The van der Waals surface area contributed by atoms with Crippen LogP contribution in [-0.4, -0.2) is 18.5 Å². The van der Waals surface area contributed by atoms with Gasteiger partial charge in [0.05, 0.1) is 0 Å². The Kier molecular flexibility index (Phi) is 5.86. The molecule has 1 amide bonds. The van der Waals surface area contributed by atoms with Crippen molar-refractivity contribution in [2.75, 3.05) is 11.4 Å². The summed E-state index contributed by atoms with van der Waals surface area (Å²) in [5.41, 5.74) is 8.06. The highest BCUT2D eigenvalue weighted by atomic mass is 16.2. The van der Waals surface area contributed by atoms with Gasteiger partial charge in [-0.2, -0.15) is 0 Å². The maximum atomic E-state index is 12.3. The second-order valence-electron chi connectivity index (χ2n) is 4.68. The molecule has 0 saturated carbocycles. The number of hydrogen-bond donors (Lipinski definition) is 1. The van der Waals surface area contributed by atoms with E-state index in [9.17, 15) is 4.79 Å². The summed E-state index contributed by atoms with van der Waals surface area (Å²) in [5.74, 6) is 0.118. The average Bonchev–Trinajstić information content (AvgIpc) is 2.32. The quantitative estimate of drug-likeness (QED) is 0.841. The summed E-state index contributed by atoms with van der Waals surface area (Å²) < 4.78 is 0. The van der Waals surface area contributed by atoms with Crippen LogP contribution in [0.3, 0.4) is 0 Å². The third kappa shape index (κ3) is 3.84. The predicted octanol–water partition coefficient (Wildman–Crippen LogP) is 2.87. The highest BCUT2D eigenvalue weighted by Gasteiger charge is 2.17. The second kappa shape index (κ2) is 7.17. The first-order valence-electron chi connectivity index (χ1n) is 6.71. The van der Waals surface area contributed by atoms with Crippen LogP contribution in [0.2, 0.25) is 0 Å². The molecule has 0 aromatic heterocycles. The molecule has 1 atom stereocenters. The number of nitrogens with zero attached hydrogens (tertiary/aromatic N) is 1. The van der Waals surface area contributed by atoms with Gasteiger partial charge in [0, 0.05) is 24.7 Å². The van der Waals surface area contributed by atoms with E-state index in [2.05, 4.69) is 6.92 Å². The van der Waals surface area contributed by atoms with Crippen molar-refractivity contribution in [3.63, 3.8) is 0 Å². The Bertz CT molecular complexity index is 390. The number of carbonyl (C=O) groups is 1. The number of aryl methyl sites for hydroxylation is 1. The summed E-state index contributed by atoms with van der Waals surface area (Å²) in [7, 11) is 0. The van der Waals surface area contributed by atoms with Crippen LogP contribution in [0.25, 0.3) is 0 Å². The van der Waals surface area contributed by atoms with E-state index in [0.29, 0.717) is 13.0 Å². The predicted molar refractivity (Wildman–Crippen MR) is 76.7 cm³/mol. The molecule has 0 saturated heterocycles. The van der Waals surface area contributed by atoms with Gasteiger partial charge in [0.25, 0.3) is 0 Å². The van der Waals surface area contributed by atoms with Gasteiger partial charge in [-0.25, -0.2) is 0 Å². The average molecular weight is 248 g/mol. The van der Waals surface area contributed by atoms with Gasteiger partial charge in [0.1, 0.15) is 0 Å². The third-order valence-corrected chi connectivity index (χ3v) is 3.12. The summed E-state index contributed by atoms with van der Waals surface area (Å²) >= 11 is 0. The smallest absolute Gasteiger partial charge is 0.228 e. The van der Waals surface area contributed by atoms with Gasteiger partial charge in [0.15, 0.2) is 0 Å². The van der Waals surface area contributed by atoms with Gasteiger partial charge in [0.2, 0.25) is 5.91 Å².